The smallest absolute Gasteiger partial charge is 0.0276 e. The molecule has 88 valence electrons. The van der Waals surface area contributed by atoms with E-state index in [9.17, 15) is 0 Å². The predicted octanol–water partition coefficient (Wildman–Crippen LogP) is 4.98. The normalized spacial score (nSPS) is 19.0. The van der Waals surface area contributed by atoms with E-state index in [4.69, 9.17) is 0 Å². The quantitative estimate of drug-likeness (QED) is 0.668. The summed E-state index contributed by atoms with van der Waals surface area (Å²) >= 11 is 0. The number of hydrogen-bond acceptors (Lipinski definition) is 0. The summed E-state index contributed by atoms with van der Waals surface area (Å²) in [6.07, 6.45) is 13.0. The van der Waals surface area contributed by atoms with Crippen LogP contribution in [0.25, 0.3) is 0 Å². The van der Waals surface area contributed by atoms with Crippen LogP contribution < -0.4 is 0 Å². The summed E-state index contributed by atoms with van der Waals surface area (Å²) < 4.78 is 0. The Bertz CT molecular complexity index is 267. The first-order chi connectivity index (χ1) is 7.95. The molecule has 16 heavy (non-hydrogen) atoms. The predicted molar refractivity (Wildman–Crippen MR) is 70.6 cm³/mol. The van der Waals surface area contributed by atoms with Crippen LogP contribution in [0.2, 0.25) is 0 Å². The van der Waals surface area contributed by atoms with Gasteiger partial charge in [-0.15, -0.1) is 0 Å². The molecule has 0 unspecified atom stereocenters. The molecule has 0 radical (unpaired) electrons. The fourth-order valence-corrected chi connectivity index (χ4v) is 2.84. The molecule has 1 saturated carbocycles. The van der Waals surface area contributed by atoms with Crippen molar-refractivity contribution < 1.29 is 0 Å². The molecule has 1 aliphatic carbocycles. The molecular formula is C16H24. The first kappa shape index (κ1) is 11.7. The minimum Gasteiger partial charge on any atom is -0.0622 e. The van der Waals surface area contributed by atoms with E-state index in [0.29, 0.717) is 0 Å². The lowest BCUT2D eigenvalue weighted by molar-refractivity contribution is 0.359. The summed E-state index contributed by atoms with van der Waals surface area (Å²) in [4.78, 5) is 0. The minimum atomic E-state index is 1.00. The van der Waals surface area contributed by atoms with Crippen LogP contribution >= 0.6 is 0 Å². The fraction of sp³-hybridized carbons (Fsp3) is 0.625. The van der Waals surface area contributed by atoms with Crippen molar-refractivity contribution in [1.82, 2.24) is 0 Å². The van der Waals surface area contributed by atoms with E-state index in [-0.39, 0.29) is 0 Å². The lowest BCUT2D eigenvalue weighted by Gasteiger charge is -2.19. The molecule has 0 amide bonds. The maximum absolute atomic E-state index is 2.27. The highest BCUT2D eigenvalue weighted by atomic mass is 14.2. The molecule has 0 nitrogen and oxygen atoms in total. The highest BCUT2D eigenvalue weighted by Crippen LogP contribution is 2.25. The maximum Gasteiger partial charge on any atom is -0.0276 e. The van der Waals surface area contributed by atoms with Crippen molar-refractivity contribution >= 4 is 0 Å². The largest absolute Gasteiger partial charge is 0.0622 e. The lowest BCUT2D eigenvalue weighted by atomic mass is 9.87. The Morgan fingerprint density at radius 3 is 2.12 bits per heavy atom. The maximum atomic E-state index is 2.27. The van der Waals surface area contributed by atoms with E-state index in [0.717, 1.165) is 5.92 Å². The third-order valence-electron chi connectivity index (χ3n) is 3.91. The van der Waals surface area contributed by atoms with E-state index in [1.807, 2.05) is 0 Å². The second kappa shape index (κ2) is 6.73. The van der Waals surface area contributed by atoms with Gasteiger partial charge in [-0.05, 0) is 24.3 Å². The molecule has 0 bridgehead atoms. The van der Waals surface area contributed by atoms with Gasteiger partial charge in [-0.2, -0.15) is 0 Å². The van der Waals surface area contributed by atoms with Gasteiger partial charge in [-0.1, -0.05) is 75.3 Å². The van der Waals surface area contributed by atoms with Crippen LogP contribution in [0.4, 0.5) is 0 Å². The highest BCUT2D eigenvalue weighted by Gasteiger charge is 2.10. The molecule has 1 aromatic carbocycles. The topological polar surface area (TPSA) is 0 Å². The van der Waals surface area contributed by atoms with Gasteiger partial charge < -0.3 is 0 Å². The SMILES string of the molecule is c1ccc(CCC2CCCCCCC2)cc1. The van der Waals surface area contributed by atoms with Gasteiger partial charge in [0.25, 0.3) is 0 Å². The monoisotopic (exact) mass is 216 g/mol. The molecule has 0 spiro atoms. The molecule has 1 aliphatic rings. The number of aryl methyl sites for hydroxylation is 1. The molecule has 0 heteroatoms. The second-order valence-electron chi connectivity index (χ2n) is 5.24. The van der Waals surface area contributed by atoms with Crippen molar-refractivity contribution in [3.05, 3.63) is 35.9 Å². The first-order valence-electron chi connectivity index (χ1n) is 6.99. The molecule has 2 rings (SSSR count). The van der Waals surface area contributed by atoms with Crippen LogP contribution in [0.15, 0.2) is 30.3 Å². The average Bonchev–Trinajstić information content (AvgIpc) is 2.29. The van der Waals surface area contributed by atoms with Gasteiger partial charge in [-0.25, -0.2) is 0 Å². The minimum absolute atomic E-state index is 1.00. The molecule has 1 fully saturated rings. The average molecular weight is 216 g/mol. The van der Waals surface area contributed by atoms with Crippen molar-refractivity contribution in [3.63, 3.8) is 0 Å². The van der Waals surface area contributed by atoms with E-state index >= 15 is 0 Å². The van der Waals surface area contributed by atoms with Crippen molar-refractivity contribution in [3.8, 4) is 0 Å². The van der Waals surface area contributed by atoms with Crippen LogP contribution in [-0.2, 0) is 6.42 Å². The van der Waals surface area contributed by atoms with Gasteiger partial charge in [0.2, 0.25) is 0 Å². The van der Waals surface area contributed by atoms with Crippen LogP contribution in [0, 0.1) is 5.92 Å². The van der Waals surface area contributed by atoms with Gasteiger partial charge in [0.1, 0.15) is 0 Å². The van der Waals surface area contributed by atoms with Gasteiger partial charge in [0.15, 0.2) is 0 Å². The fourth-order valence-electron chi connectivity index (χ4n) is 2.84. The zero-order chi connectivity index (χ0) is 11.1. The Kier molecular flexibility index (Phi) is 4.92. The van der Waals surface area contributed by atoms with Gasteiger partial charge in [-0.3, -0.25) is 0 Å². The van der Waals surface area contributed by atoms with Gasteiger partial charge in [0.05, 0.1) is 0 Å². The first-order valence-corrected chi connectivity index (χ1v) is 6.99. The van der Waals surface area contributed by atoms with Gasteiger partial charge in [0, 0.05) is 0 Å². The summed E-state index contributed by atoms with van der Waals surface area (Å²) in [5, 5.41) is 0. The van der Waals surface area contributed by atoms with Crippen molar-refractivity contribution in [1.29, 1.82) is 0 Å². The Morgan fingerprint density at radius 2 is 1.44 bits per heavy atom. The third kappa shape index (κ3) is 4.00. The standard InChI is InChI=1S/C16H24/c1-2-5-9-15(10-6-3-1)13-14-16-11-7-4-8-12-16/h4,7-8,11-12,15H,1-3,5-6,9-10,13-14H2. The van der Waals surface area contributed by atoms with Crippen molar-refractivity contribution in [2.24, 2.45) is 5.92 Å². The molecule has 0 atom stereocenters. The summed E-state index contributed by atoms with van der Waals surface area (Å²) in [6, 6.07) is 11.0. The highest BCUT2D eigenvalue weighted by molar-refractivity contribution is 5.14. The summed E-state index contributed by atoms with van der Waals surface area (Å²) in [5.74, 6) is 1.00. The molecule has 0 heterocycles. The zero-order valence-electron chi connectivity index (χ0n) is 10.3. The van der Waals surface area contributed by atoms with E-state index in [2.05, 4.69) is 30.3 Å². The molecule has 1 aromatic rings. The molecule has 0 saturated heterocycles. The van der Waals surface area contributed by atoms with Crippen molar-refractivity contribution in [2.75, 3.05) is 0 Å². The summed E-state index contributed by atoms with van der Waals surface area (Å²) in [6.45, 7) is 0. The Morgan fingerprint density at radius 1 is 0.812 bits per heavy atom. The summed E-state index contributed by atoms with van der Waals surface area (Å²) in [5.41, 5.74) is 1.52. The van der Waals surface area contributed by atoms with Gasteiger partial charge >= 0.3 is 0 Å². The van der Waals surface area contributed by atoms with Crippen LogP contribution in [-0.4, -0.2) is 0 Å². The molecular weight excluding hydrogens is 192 g/mol. The molecule has 0 aliphatic heterocycles. The van der Waals surface area contributed by atoms with E-state index < -0.39 is 0 Å². The number of benzene rings is 1. The molecule has 0 N–H and O–H groups in total. The zero-order valence-corrected chi connectivity index (χ0v) is 10.3. The van der Waals surface area contributed by atoms with E-state index in [1.165, 1.54) is 63.4 Å². The van der Waals surface area contributed by atoms with E-state index in [1.54, 1.807) is 0 Å². The Balaban J connectivity index is 1.75. The lowest BCUT2D eigenvalue weighted by Crippen LogP contribution is -2.05. The van der Waals surface area contributed by atoms with Crippen LogP contribution in [0.3, 0.4) is 0 Å². The van der Waals surface area contributed by atoms with Crippen LogP contribution in [0.1, 0.15) is 56.9 Å². The number of rotatable bonds is 3. The number of hydrogen-bond donors (Lipinski definition) is 0. The summed E-state index contributed by atoms with van der Waals surface area (Å²) in [7, 11) is 0. The van der Waals surface area contributed by atoms with Crippen molar-refractivity contribution in [2.45, 2.75) is 57.8 Å². The Labute approximate surface area is 100 Å². The third-order valence-corrected chi connectivity index (χ3v) is 3.91. The second-order valence-corrected chi connectivity index (χ2v) is 5.24. The molecule has 0 aromatic heterocycles. The van der Waals surface area contributed by atoms with Crippen LogP contribution in [0.5, 0.6) is 0 Å². The Hall–Kier alpha value is -0.780.